The Balaban J connectivity index is 3.12. The molecule has 0 aromatic heterocycles. The van der Waals surface area contributed by atoms with Gasteiger partial charge in [-0.25, -0.2) is 0 Å². The molecule has 0 aliphatic heterocycles. The fourth-order valence-corrected chi connectivity index (χ4v) is 3.05. The van der Waals surface area contributed by atoms with Crippen LogP contribution in [0.5, 0.6) is 0 Å². The van der Waals surface area contributed by atoms with Crippen molar-refractivity contribution in [1.82, 2.24) is 0 Å². The predicted molar refractivity (Wildman–Crippen MR) is 101 cm³/mol. The highest BCUT2D eigenvalue weighted by molar-refractivity contribution is 5.68. The van der Waals surface area contributed by atoms with E-state index in [1.807, 2.05) is 0 Å². The minimum absolute atomic E-state index is 0.219. The molecular weight excluding hydrogens is 284 g/mol. The summed E-state index contributed by atoms with van der Waals surface area (Å²) in [6.45, 7) is 2.27. The first-order valence-electron chi connectivity index (χ1n) is 11.7. The highest BCUT2D eigenvalue weighted by Gasteiger charge is 1.99. The van der Waals surface area contributed by atoms with E-state index in [1.165, 1.54) is 89.9 Å². The highest BCUT2D eigenvalue weighted by atomic mass is 16.5. The quantitative estimate of drug-likeness (QED) is 0.196. The van der Waals surface area contributed by atoms with Crippen molar-refractivity contribution in [2.75, 3.05) is 7.04 Å². The largest absolute Gasteiger partial charge is 0.469 e. The van der Waals surface area contributed by atoms with Gasteiger partial charge in [0.15, 0.2) is 0 Å². The van der Waals surface area contributed by atoms with Crippen LogP contribution in [0.2, 0.25) is 0 Å². The maximum absolute atomic E-state index is 11.2. The Kier molecular flexibility index (Phi) is 14.7. The van der Waals surface area contributed by atoms with E-state index >= 15 is 0 Å². The molecule has 0 bridgehead atoms. The van der Waals surface area contributed by atoms with Crippen molar-refractivity contribution >= 4 is 5.97 Å². The van der Waals surface area contributed by atoms with E-state index in [9.17, 15) is 4.79 Å². The Morgan fingerprint density at radius 3 is 1.35 bits per heavy atom. The zero-order chi connectivity index (χ0) is 19.5. The summed E-state index contributed by atoms with van der Waals surface area (Å²) >= 11 is 0. The number of carbonyl (C=O) groups is 1. The number of hydrogen-bond acceptors (Lipinski definition) is 2. The van der Waals surface area contributed by atoms with Gasteiger partial charge < -0.3 is 4.74 Å². The summed E-state index contributed by atoms with van der Waals surface area (Å²) in [5, 5.41) is 0. The molecule has 23 heavy (non-hydrogen) atoms. The zero-order valence-electron chi connectivity index (χ0n) is 18.5. The zero-order valence-corrected chi connectivity index (χ0v) is 15.5. The lowest BCUT2D eigenvalue weighted by Crippen LogP contribution is -1.99. The van der Waals surface area contributed by atoms with Crippen LogP contribution in [0, 0.1) is 0 Å². The number of methoxy groups -OCH3 is 1. The lowest BCUT2D eigenvalue weighted by molar-refractivity contribution is -0.140. The van der Waals surface area contributed by atoms with E-state index < -0.39 is 13.0 Å². The number of esters is 1. The van der Waals surface area contributed by atoms with E-state index in [4.69, 9.17) is 4.11 Å². The van der Waals surface area contributed by atoms with Crippen LogP contribution in [0.4, 0.5) is 0 Å². The molecule has 0 radical (unpaired) electrons. The summed E-state index contributed by atoms with van der Waals surface area (Å²) in [6, 6.07) is 0. The van der Waals surface area contributed by atoms with Crippen LogP contribution in [0.1, 0.15) is 127 Å². The topological polar surface area (TPSA) is 26.3 Å². The van der Waals surface area contributed by atoms with E-state index in [2.05, 4.69) is 11.7 Å². The van der Waals surface area contributed by atoms with Gasteiger partial charge in [0.25, 0.3) is 0 Å². The minimum atomic E-state index is -2.59. The van der Waals surface area contributed by atoms with Gasteiger partial charge in [0.2, 0.25) is 0 Å². The Hall–Kier alpha value is -0.530. The first kappa shape index (κ1) is 17.3. The number of ether oxygens (including phenoxy) is 1. The van der Waals surface area contributed by atoms with Crippen LogP contribution in [-0.4, -0.2) is 13.0 Å². The van der Waals surface area contributed by atoms with Gasteiger partial charge in [0.05, 0.1) is 11.2 Å². The van der Waals surface area contributed by atoms with Crippen molar-refractivity contribution in [1.29, 1.82) is 0 Å². The van der Waals surface area contributed by atoms with Crippen LogP contribution in [0.3, 0.4) is 0 Å². The first-order chi connectivity index (χ1) is 12.5. The average molecular weight is 330 g/mol. The fraction of sp³-hybridized carbons (Fsp3) is 0.952. The number of hydrogen-bond donors (Lipinski definition) is 0. The van der Waals surface area contributed by atoms with Crippen molar-refractivity contribution in [3.63, 3.8) is 0 Å². The van der Waals surface area contributed by atoms with E-state index in [1.54, 1.807) is 0 Å². The summed E-state index contributed by atoms with van der Waals surface area (Å²) < 4.78 is 24.9. The van der Waals surface area contributed by atoms with E-state index in [-0.39, 0.29) is 6.42 Å². The van der Waals surface area contributed by atoms with Crippen molar-refractivity contribution < 1.29 is 13.6 Å². The molecule has 0 unspecified atom stereocenters. The Morgan fingerprint density at radius 2 is 1.00 bits per heavy atom. The summed E-state index contributed by atoms with van der Waals surface area (Å²) in [5.41, 5.74) is 0. The lowest BCUT2D eigenvalue weighted by Gasteiger charge is -2.03. The normalized spacial score (nSPS) is 13.3. The Labute approximate surface area is 150 Å². The van der Waals surface area contributed by atoms with Crippen molar-refractivity contribution in [2.24, 2.45) is 0 Å². The van der Waals surface area contributed by atoms with E-state index in [0.29, 0.717) is 0 Å². The molecule has 0 spiro atoms. The molecule has 0 atom stereocenters. The third-order valence-electron chi connectivity index (χ3n) is 4.60. The smallest absolute Gasteiger partial charge is 0.305 e. The molecule has 0 aromatic carbocycles. The number of rotatable bonds is 18. The number of unbranched alkanes of at least 4 members (excludes halogenated alkanes) is 16. The SMILES string of the molecule is [2H]C([2H])([2H])OC(=O)CCCCCCCCCCCCCCCCCCC. The van der Waals surface area contributed by atoms with Crippen LogP contribution >= 0.6 is 0 Å². The van der Waals surface area contributed by atoms with Crippen molar-refractivity contribution in [3.8, 4) is 0 Å². The molecule has 0 aliphatic rings. The third kappa shape index (κ3) is 19.4. The predicted octanol–water partition coefficient (Wildman–Crippen LogP) is 7.20. The van der Waals surface area contributed by atoms with Gasteiger partial charge in [-0.2, -0.15) is 0 Å². The molecule has 2 nitrogen and oxygen atoms in total. The maximum Gasteiger partial charge on any atom is 0.305 e. The van der Waals surface area contributed by atoms with Gasteiger partial charge in [0, 0.05) is 6.42 Å². The van der Waals surface area contributed by atoms with Crippen molar-refractivity contribution in [3.05, 3.63) is 0 Å². The molecule has 0 heterocycles. The van der Waals surface area contributed by atoms with Gasteiger partial charge in [-0.3, -0.25) is 4.79 Å². The van der Waals surface area contributed by atoms with Gasteiger partial charge in [-0.15, -0.1) is 0 Å². The van der Waals surface area contributed by atoms with Crippen LogP contribution in [0.15, 0.2) is 0 Å². The molecular formula is C21H42O2. The molecule has 0 aromatic rings. The second-order valence-electron chi connectivity index (χ2n) is 6.88. The molecule has 0 rings (SSSR count). The molecule has 0 aliphatic carbocycles. The van der Waals surface area contributed by atoms with Crippen LogP contribution in [0.25, 0.3) is 0 Å². The number of carbonyl (C=O) groups excluding carboxylic acids is 1. The van der Waals surface area contributed by atoms with Crippen molar-refractivity contribution in [2.45, 2.75) is 122 Å². The maximum atomic E-state index is 11.2. The molecule has 0 amide bonds. The first-order valence-corrected chi connectivity index (χ1v) is 10.2. The van der Waals surface area contributed by atoms with E-state index in [0.717, 1.165) is 19.3 Å². The van der Waals surface area contributed by atoms with Crippen LogP contribution in [-0.2, 0) is 9.53 Å². The van der Waals surface area contributed by atoms with Gasteiger partial charge in [-0.05, 0) is 6.42 Å². The van der Waals surface area contributed by atoms with Gasteiger partial charge in [0.1, 0.15) is 0 Å². The second-order valence-corrected chi connectivity index (χ2v) is 6.88. The minimum Gasteiger partial charge on any atom is -0.469 e. The standard InChI is InChI=1S/C21H42O2/c1-3-4-5-6-7-8-9-10-11-12-13-14-15-16-17-18-19-20-21(22)23-2/h3-20H2,1-2H3/i2D3. The second kappa shape index (κ2) is 19.5. The molecule has 2 heteroatoms. The molecule has 0 saturated carbocycles. The molecule has 0 N–H and O–H groups in total. The molecule has 138 valence electrons. The van der Waals surface area contributed by atoms with Gasteiger partial charge in [-0.1, -0.05) is 110 Å². The summed E-state index contributed by atoms with van der Waals surface area (Å²) in [5.74, 6) is -0.606. The van der Waals surface area contributed by atoms with Gasteiger partial charge >= 0.3 is 5.97 Å². The Bertz CT molecular complexity index is 317. The Morgan fingerprint density at radius 1 is 0.652 bits per heavy atom. The highest BCUT2D eigenvalue weighted by Crippen LogP contribution is 2.14. The molecule has 0 saturated heterocycles. The third-order valence-corrected chi connectivity index (χ3v) is 4.60. The fourth-order valence-electron chi connectivity index (χ4n) is 3.05. The molecule has 0 fully saturated rings. The summed E-state index contributed by atoms with van der Waals surface area (Å²) in [4.78, 5) is 11.2. The summed E-state index contributed by atoms with van der Waals surface area (Å²) in [6.07, 6.45) is 22.2. The lowest BCUT2D eigenvalue weighted by atomic mass is 10.0. The monoisotopic (exact) mass is 329 g/mol. The summed E-state index contributed by atoms with van der Waals surface area (Å²) in [7, 11) is -2.59. The average Bonchev–Trinajstić information content (AvgIpc) is 2.56. The van der Waals surface area contributed by atoms with Crippen LogP contribution < -0.4 is 0 Å².